The molecule has 0 heterocycles. The monoisotopic (exact) mass is 455 g/mol. The zero-order chi connectivity index (χ0) is 23.1. The van der Waals surface area contributed by atoms with Gasteiger partial charge >= 0.3 is 6.03 Å². The van der Waals surface area contributed by atoms with Gasteiger partial charge in [0.15, 0.2) is 0 Å². The lowest BCUT2D eigenvalue weighted by Crippen LogP contribution is -2.37. The van der Waals surface area contributed by atoms with Crippen molar-refractivity contribution in [3.05, 3.63) is 52.6 Å². The summed E-state index contributed by atoms with van der Waals surface area (Å²) >= 11 is 5.94. The Bertz CT molecular complexity index is 936. The number of nitrogens with zero attached hydrogens (tertiary/aromatic N) is 1. The molecule has 0 radical (unpaired) electrons. The van der Waals surface area contributed by atoms with Gasteiger partial charge in [-0.15, -0.1) is 0 Å². The third-order valence-electron chi connectivity index (χ3n) is 4.16. The van der Waals surface area contributed by atoms with E-state index in [0.717, 1.165) is 12.1 Å². The minimum atomic E-state index is -0.894. The number of hydrogen-bond acceptors (Lipinski definition) is 4. The summed E-state index contributed by atoms with van der Waals surface area (Å²) in [6, 6.07) is 5.35. The standard InChI is InChI=1S/C21H24ClF2N3O4/c1-4-27(8-9-28)21(30)25-17-11-18(31-12(2)3)13(10-16(17)24)20(29)26-19-14(22)6-5-7-15(19)23/h5-7,10-12,28H,4,8-9H2,1-3H3,(H,25,30)(H,26,29). The maximum Gasteiger partial charge on any atom is 0.321 e. The molecule has 0 saturated carbocycles. The van der Waals surface area contributed by atoms with E-state index in [1.54, 1.807) is 20.8 Å². The first-order chi connectivity index (χ1) is 14.7. The van der Waals surface area contributed by atoms with E-state index in [1.165, 1.54) is 23.1 Å². The highest BCUT2D eigenvalue weighted by Gasteiger charge is 2.22. The average molecular weight is 456 g/mol. The van der Waals surface area contributed by atoms with Crippen LogP contribution in [0.3, 0.4) is 0 Å². The number of urea groups is 1. The van der Waals surface area contributed by atoms with Crippen LogP contribution in [0.25, 0.3) is 0 Å². The highest BCUT2D eigenvalue weighted by atomic mass is 35.5. The third-order valence-corrected chi connectivity index (χ3v) is 4.47. The molecular weight excluding hydrogens is 432 g/mol. The molecule has 0 spiro atoms. The molecule has 0 unspecified atom stereocenters. The number of carbonyl (C=O) groups excluding carboxylic acids is 2. The zero-order valence-corrected chi connectivity index (χ0v) is 18.1. The Labute approximate surface area is 183 Å². The fourth-order valence-electron chi connectivity index (χ4n) is 2.69. The second-order valence-electron chi connectivity index (χ2n) is 6.78. The van der Waals surface area contributed by atoms with Gasteiger partial charge < -0.3 is 25.4 Å². The van der Waals surface area contributed by atoms with Crippen LogP contribution in [0.15, 0.2) is 30.3 Å². The molecule has 168 valence electrons. The quantitative estimate of drug-likeness (QED) is 0.546. The van der Waals surface area contributed by atoms with Crippen molar-refractivity contribution in [1.82, 2.24) is 4.90 Å². The SMILES string of the molecule is CCN(CCO)C(=O)Nc1cc(OC(C)C)c(C(=O)Nc2c(F)cccc2Cl)cc1F. The van der Waals surface area contributed by atoms with Gasteiger partial charge in [0.25, 0.3) is 5.91 Å². The third kappa shape index (κ3) is 6.28. The number of benzene rings is 2. The Morgan fingerprint density at radius 1 is 1.19 bits per heavy atom. The topological polar surface area (TPSA) is 90.9 Å². The molecule has 0 aliphatic heterocycles. The summed E-state index contributed by atoms with van der Waals surface area (Å²) in [5.41, 5.74) is -0.659. The van der Waals surface area contributed by atoms with E-state index >= 15 is 0 Å². The van der Waals surface area contributed by atoms with Crippen molar-refractivity contribution >= 4 is 34.9 Å². The Balaban J connectivity index is 2.38. The van der Waals surface area contributed by atoms with E-state index < -0.39 is 23.6 Å². The van der Waals surface area contributed by atoms with E-state index in [9.17, 15) is 18.4 Å². The first-order valence-electron chi connectivity index (χ1n) is 9.60. The van der Waals surface area contributed by atoms with Crippen molar-refractivity contribution in [2.75, 3.05) is 30.3 Å². The Hall–Kier alpha value is -2.91. The summed E-state index contributed by atoms with van der Waals surface area (Å²) in [5.74, 6) is -2.49. The second-order valence-corrected chi connectivity index (χ2v) is 7.19. The molecule has 31 heavy (non-hydrogen) atoms. The second kappa shape index (κ2) is 10.9. The van der Waals surface area contributed by atoms with Crippen LogP contribution in [0.1, 0.15) is 31.1 Å². The maximum absolute atomic E-state index is 14.7. The normalized spacial score (nSPS) is 10.7. The van der Waals surface area contributed by atoms with E-state index in [4.69, 9.17) is 21.4 Å². The van der Waals surface area contributed by atoms with Crippen LogP contribution >= 0.6 is 11.6 Å². The predicted octanol–water partition coefficient (Wildman–Crippen LogP) is 4.50. The predicted molar refractivity (Wildman–Crippen MR) is 115 cm³/mol. The number of amides is 3. The van der Waals surface area contributed by atoms with E-state index in [2.05, 4.69) is 10.6 Å². The van der Waals surface area contributed by atoms with Gasteiger partial charge in [-0.1, -0.05) is 17.7 Å². The summed E-state index contributed by atoms with van der Waals surface area (Å²) in [6.45, 7) is 5.24. The molecule has 0 atom stereocenters. The van der Waals surface area contributed by atoms with Gasteiger partial charge in [-0.25, -0.2) is 13.6 Å². The van der Waals surface area contributed by atoms with Gasteiger partial charge in [0.2, 0.25) is 0 Å². The van der Waals surface area contributed by atoms with Crippen molar-refractivity contribution in [3.63, 3.8) is 0 Å². The van der Waals surface area contributed by atoms with Crippen molar-refractivity contribution < 1.29 is 28.2 Å². The van der Waals surface area contributed by atoms with Crippen LogP contribution in [0, 0.1) is 11.6 Å². The highest BCUT2D eigenvalue weighted by molar-refractivity contribution is 6.34. The van der Waals surface area contributed by atoms with Crippen LogP contribution < -0.4 is 15.4 Å². The fourth-order valence-corrected chi connectivity index (χ4v) is 2.90. The number of ether oxygens (including phenoxy) is 1. The molecule has 0 fully saturated rings. The number of aliphatic hydroxyl groups excluding tert-OH is 1. The van der Waals surface area contributed by atoms with Gasteiger partial charge in [-0.3, -0.25) is 4.79 Å². The molecule has 0 aliphatic carbocycles. The van der Waals surface area contributed by atoms with Crippen LogP contribution in [-0.2, 0) is 0 Å². The smallest absolute Gasteiger partial charge is 0.321 e. The number of likely N-dealkylation sites (N-methyl/N-ethyl adjacent to an activating group) is 1. The van der Waals surface area contributed by atoms with Crippen molar-refractivity contribution in [3.8, 4) is 5.75 Å². The lowest BCUT2D eigenvalue weighted by atomic mass is 10.1. The van der Waals surface area contributed by atoms with Crippen LogP contribution in [0.5, 0.6) is 5.75 Å². The molecule has 0 aromatic heterocycles. The first kappa shape index (κ1) is 24.4. The Morgan fingerprint density at radius 2 is 1.90 bits per heavy atom. The zero-order valence-electron chi connectivity index (χ0n) is 17.3. The molecule has 2 aromatic rings. The van der Waals surface area contributed by atoms with Gasteiger partial charge in [0, 0.05) is 19.2 Å². The van der Waals surface area contributed by atoms with Gasteiger partial charge in [-0.2, -0.15) is 0 Å². The Kier molecular flexibility index (Phi) is 8.58. The van der Waals surface area contributed by atoms with Crippen molar-refractivity contribution in [2.24, 2.45) is 0 Å². The molecule has 2 aromatic carbocycles. The summed E-state index contributed by atoms with van der Waals surface area (Å²) in [5, 5.41) is 13.7. The first-order valence-corrected chi connectivity index (χ1v) is 9.98. The molecule has 0 aliphatic rings. The molecule has 2 rings (SSSR count). The van der Waals surface area contributed by atoms with Crippen LogP contribution in [0.4, 0.5) is 25.0 Å². The summed E-state index contributed by atoms with van der Waals surface area (Å²) in [4.78, 5) is 26.3. The van der Waals surface area contributed by atoms with Gasteiger partial charge in [0.1, 0.15) is 17.4 Å². The van der Waals surface area contributed by atoms with E-state index in [1.807, 2.05) is 0 Å². The number of anilines is 2. The van der Waals surface area contributed by atoms with Crippen LogP contribution in [0.2, 0.25) is 5.02 Å². The number of rotatable bonds is 8. The fraction of sp³-hybridized carbons (Fsp3) is 0.333. The minimum absolute atomic E-state index is 0.0122. The number of hydrogen-bond donors (Lipinski definition) is 3. The van der Waals surface area contributed by atoms with Crippen molar-refractivity contribution in [2.45, 2.75) is 26.9 Å². The number of aliphatic hydroxyl groups is 1. The molecule has 3 N–H and O–H groups in total. The summed E-state index contributed by atoms with van der Waals surface area (Å²) < 4.78 is 34.4. The molecule has 10 heteroatoms. The molecule has 3 amide bonds. The number of halogens is 3. The highest BCUT2D eigenvalue weighted by Crippen LogP contribution is 2.30. The molecule has 0 saturated heterocycles. The number of nitrogens with one attached hydrogen (secondary N) is 2. The lowest BCUT2D eigenvalue weighted by molar-refractivity contribution is 0.102. The van der Waals surface area contributed by atoms with Crippen molar-refractivity contribution in [1.29, 1.82) is 0 Å². The largest absolute Gasteiger partial charge is 0.490 e. The number of para-hydroxylation sites is 1. The Morgan fingerprint density at radius 3 is 2.48 bits per heavy atom. The average Bonchev–Trinajstić information content (AvgIpc) is 2.70. The van der Waals surface area contributed by atoms with E-state index in [0.29, 0.717) is 6.54 Å². The minimum Gasteiger partial charge on any atom is -0.490 e. The molecule has 7 nitrogen and oxygen atoms in total. The summed E-state index contributed by atoms with van der Waals surface area (Å²) in [7, 11) is 0. The number of carbonyl (C=O) groups is 2. The van der Waals surface area contributed by atoms with Gasteiger partial charge in [-0.05, 0) is 39.0 Å². The van der Waals surface area contributed by atoms with E-state index in [-0.39, 0.29) is 47.0 Å². The van der Waals surface area contributed by atoms with Crippen LogP contribution in [-0.4, -0.2) is 47.7 Å². The maximum atomic E-state index is 14.7. The molecular formula is C21H24ClF2N3O4. The lowest BCUT2D eigenvalue weighted by Gasteiger charge is -2.21. The molecule has 0 bridgehead atoms. The summed E-state index contributed by atoms with van der Waals surface area (Å²) in [6.07, 6.45) is -0.376. The van der Waals surface area contributed by atoms with Gasteiger partial charge in [0.05, 0.1) is 34.7 Å².